The molecule has 0 aliphatic carbocycles. The molecule has 25 heavy (non-hydrogen) atoms. The largest absolute Gasteiger partial charge is 0.479 e. The summed E-state index contributed by atoms with van der Waals surface area (Å²) in [5.41, 5.74) is 1.56. The fraction of sp³-hybridized carbons (Fsp3) is 0.529. The maximum Gasteiger partial charge on any atom is 0.333 e. The number of urea groups is 1. The van der Waals surface area contributed by atoms with Crippen LogP contribution in [0.25, 0.3) is 0 Å². The summed E-state index contributed by atoms with van der Waals surface area (Å²) < 4.78 is 10.3. The molecule has 0 radical (unpaired) electrons. The van der Waals surface area contributed by atoms with Crippen LogP contribution in [-0.4, -0.2) is 67.8 Å². The van der Waals surface area contributed by atoms with E-state index in [0.717, 1.165) is 17.7 Å². The van der Waals surface area contributed by atoms with E-state index in [-0.39, 0.29) is 25.7 Å². The van der Waals surface area contributed by atoms with E-state index in [1.165, 1.54) is 7.11 Å². The molecule has 1 aromatic rings. The molecule has 1 saturated heterocycles. The number of ether oxygens (including phenoxy) is 2. The van der Waals surface area contributed by atoms with Crippen LogP contribution in [-0.2, 0) is 20.7 Å². The van der Waals surface area contributed by atoms with Gasteiger partial charge < -0.3 is 25.0 Å². The Hall–Kier alpha value is -2.16. The number of carboxylic acid groups (broad SMARTS) is 1. The number of anilines is 1. The number of aliphatic hydroxyl groups is 1. The standard InChI is InChI=1S/C17H24N2O6/c1-24-14(10-20)11-25-15(16(21)22)9-12-3-5-13(6-4-12)19-8-2-7-18-17(19)23/h3-6,14-15,20H,2,7-11H2,1H3,(H,18,23)(H,21,22)/t14-,15+/m0/s1. The number of nitrogens with zero attached hydrogens (tertiary/aromatic N) is 1. The van der Waals surface area contributed by atoms with Crippen LogP contribution in [0.3, 0.4) is 0 Å². The van der Waals surface area contributed by atoms with Gasteiger partial charge in [-0.05, 0) is 24.1 Å². The zero-order valence-corrected chi connectivity index (χ0v) is 14.2. The van der Waals surface area contributed by atoms with Gasteiger partial charge in [-0.15, -0.1) is 0 Å². The van der Waals surface area contributed by atoms with Gasteiger partial charge in [0.15, 0.2) is 6.10 Å². The molecule has 0 aromatic heterocycles. The second kappa shape index (κ2) is 9.36. The van der Waals surface area contributed by atoms with Crippen LogP contribution in [0, 0.1) is 0 Å². The van der Waals surface area contributed by atoms with Crippen molar-refractivity contribution >= 4 is 17.7 Å². The first-order valence-electron chi connectivity index (χ1n) is 8.17. The number of aliphatic hydroxyl groups excluding tert-OH is 1. The fourth-order valence-electron chi connectivity index (χ4n) is 2.54. The van der Waals surface area contributed by atoms with E-state index in [1.807, 2.05) is 0 Å². The van der Waals surface area contributed by atoms with Gasteiger partial charge in [0.2, 0.25) is 0 Å². The van der Waals surface area contributed by atoms with E-state index in [1.54, 1.807) is 29.2 Å². The maximum absolute atomic E-state index is 11.8. The van der Waals surface area contributed by atoms with Crippen molar-refractivity contribution in [2.75, 3.05) is 38.3 Å². The Labute approximate surface area is 146 Å². The van der Waals surface area contributed by atoms with Gasteiger partial charge in [0.1, 0.15) is 6.10 Å². The molecule has 138 valence electrons. The van der Waals surface area contributed by atoms with Gasteiger partial charge in [-0.3, -0.25) is 4.90 Å². The zero-order chi connectivity index (χ0) is 18.2. The van der Waals surface area contributed by atoms with Crippen molar-refractivity contribution < 1.29 is 29.3 Å². The highest BCUT2D eigenvalue weighted by Crippen LogP contribution is 2.19. The van der Waals surface area contributed by atoms with Crippen molar-refractivity contribution in [3.63, 3.8) is 0 Å². The number of hydrogen-bond donors (Lipinski definition) is 3. The van der Waals surface area contributed by atoms with Gasteiger partial charge in [0.05, 0.1) is 13.2 Å². The molecular formula is C17H24N2O6. The average molecular weight is 352 g/mol. The van der Waals surface area contributed by atoms with Crippen LogP contribution in [0.15, 0.2) is 24.3 Å². The number of carboxylic acids is 1. The van der Waals surface area contributed by atoms with Crippen molar-refractivity contribution in [3.05, 3.63) is 29.8 Å². The molecule has 1 aromatic carbocycles. The number of hydrogen-bond acceptors (Lipinski definition) is 5. The van der Waals surface area contributed by atoms with E-state index < -0.39 is 18.2 Å². The lowest BCUT2D eigenvalue weighted by atomic mass is 10.1. The molecule has 2 amide bonds. The minimum atomic E-state index is -1.08. The lowest BCUT2D eigenvalue weighted by Gasteiger charge is -2.27. The Balaban J connectivity index is 1.97. The highest BCUT2D eigenvalue weighted by atomic mass is 16.5. The average Bonchev–Trinajstić information content (AvgIpc) is 2.62. The topological polar surface area (TPSA) is 108 Å². The van der Waals surface area contributed by atoms with Gasteiger partial charge in [-0.25, -0.2) is 9.59 Å². The smallest absolute Gasteiger partial charge is 0.333 e. The Bertz CT molecular complexity index is 573. The van der Waals surface area contributed by atoms with E-state index in [4.69, 9.17) is 14.6 Å². The highest BCUT2D eigenvalue weighted by Gasteiger charge is 2.22. The molecular weight excluding hydrogens is 328 g/mol. The van der Waals surface area contributed by atoms with E-state index in [2.05, 4.69) is 5.32 Å². The summed E-state index contributed by atoms with van der Waals surface area (Å²) in [7, 11) is 1.43. The SMILES string of the molecule is CO[C@@H](CO)CO[C@H](Cc1ccc(N2CCCNC2=O)cc1)C(=O)O. The molecule has 2 atom stereocenters. The summed E-state index contributed by atoms with van der Waals surface area (Å²) in [4.78, 5) is 24.9. The van der Waals surface area contributed by atoms with Crippen molar-refractivity contribution in [1.29, 1.82) is 0 Å². The predicted octanol–water partition coefficient (Wildman–Crippen LogP) is 0.626. The number of carbonyl (C=O) groups excluding carboxylic acids is 1. The van der Waals surface area contributed by atoms with Crippen LogP contribution in [0.1, 0.15) is 12.0 Å². The molecule has 3 N–H and O–H groups in total. The third-order valence-corrected chi connectivity index (χ3v) is 4.04. The summed E-state index contributed by atoms with van der Waals surface area (Å²) in [6.45, 7) is 1.10. The zero-order valence-electron chi connectivity index (χ0n) is 14.2. The van der Waals surface area contributed by atoms with Crippen molar-refractivity contribution in [1.82, 2.24) is 5.32 Å². The predicted molar refractivity (Wildman–Crippen MR) is 90.8 cm³/mol. The van der Waals surface area contributed by atoms with Crippen molar-refractivity contribution in [2.45, 2.75) is 25.0 Å². The van der Waals surface area contributed by atoms with Crippen LogP contribution in [0.5, 0.6) is 0 Å². The first kappa shape index (κ1) is 19.2. The molecule has 1 heterocycles. The number of rotatable bonds is 9. The van der Waals surface area contributed by atoms with Gasteiger partial charge >= 0.3 is 12.0 Å². The fourth-order valence-corrected chi connectivity index (χ4v) is 2.54. The monoisotopic (exact) mass is 352 g/mol. The third kappa shape index (κ3) is 5.42. The summed E-state index contributed by atoms with van der Waals surface area (Å²) in [5, 5.41) is 21.1. The molecule has 0 unspecified atom stereocenters. The van der Waals surface area contributed by atoms with Gasteiger partial charge in [0, 0.05) is 32.3 Å². The Kier molecular flexibility index (Phi) is 7.17. The molecule has 1 fully saturated rings. The Morgan fingerprint density at radius 1 is 1.36 bits per heavy atom. The second-order valence-electron chi connectivity index (χ2n) is 5.81. The molecule has 1 aliphatic heterocycles. The number of methoxy groups -OCH3 is 1. The molecule has 0 bridgehead atoms. The number of carbonyl (C=O) groups is 2. The lowest BCUT2D eigenvalue weighted by Crippen LogP contribution is -2.46. The molecule has 0 spiro atoms. The summed E-state index contributed by atoms with van der Waals surface area (Å²) >= 11 is 0. The van der Waals surface area contributed by atoms with E-state index in [9.17, 15) is 14.7 Å². The van der Waals surface area contributed by atoms with Crippen LogP contribution in [0.2, 0.25) is 0 Å². The first-order chi connectivity index (χ1) is 12.0. The van der Waals surface area contributed by atoms with Crippen LogP contribution >= 0.6 is 0 Å². The number of aliphatic carboxylic acids is 1. The summed E-state index contributed by atoms with van der Waals surface area (Å²) in [6, 6.07) is 7.04. The molecule has 2 rings (SSSR count). The summed E-state index contributed by atoms with van der Waals surface area (Å²) in [6.07, 6.45) is -0.521. The Morgan fingerprint density at radius 2 is 2.08 bits per heavy atom. The number of nitrogens with one attached hydrogen (secondary N) is 1. The third-order valence-electron chi connectivity index (χ3n) is 4.04. The van der Waals surface area contributed by atoms with Crippen LogP contribution < -0.4 is 10.2 Å². The number of benzene rings is 1. The molecule has 8 heteroatoms. The highest BCUT2D eigenvalue weighted by molar-refractivity contribution is 5.92. The van der Waals surface area contributed by atoms with Gasteiger partial charge in [-0.1, -0.05) is 12.1 Å². The lowest BCUT2D eigenvalue weighted by molar-refractivity contribution is -0.153. The molecule has 1 aliphatic rings. The Morgan fingerprint density at radius 3 is 2.64 bits per heavy atom. The second-order valence-corrected chi connectivity index (χ2v) is 5.81. The molecule has 0 saturated carbocycles. The number of amides is 2. The van der Waals surface area contributed by atoms with Gasteiger partial charge in [-0.2, -0.15) is 0 Å². The maximum atomic E-state index is 11.8. The quantitative estimate of drug-likeness (QED) is 0.601. The minimum Gasteiger partial charge on any atom is -0.479 e. The summed E-state index contributed by atoms with van der Waals surface area (Å²) in [5.74, 6) is -1.08. The first-order valence-corrected chi connectivity index (χ1v) is 8.17. The van der Waals surface area contributed by atoms with Crippen molar-refractivity contribution in [2.24, 2.45) is 0 Å². The van der Waals surface area contributed by atoms with E-state index in [0.29, 0.717) is 13.1 Å². The minimum absolute atomic E-state index is 0.00397. The van der Waals surface area contributed by atoms with Gasteiger partial charge in [0.25, 0.3) is 0 Å². The normalized spacial score (nSPS) is 17.0. The molecule has 8 nitrogen and oxygen atoms in total. The van der Waals surface area contributed by atoms with Crippen molar-refractivity contribution in [3.8, 4) is 0 Å². The van der Waals surface area contributed by atoms with Crippen LogP contribution in [0.4, 0.5) is 10.5 Å². The van der Waals surface area contributed by atoms with E-state index >= 15 is 0 Å².